The van der Waals surface area contributed by atoms with Crippen molar-refractivity contribution in [3.05, 3.63) is 23.5 Å². The van der Waals surface area contributed by atoms with Gasteiger partial charge >= 0.3 is 5.97 Å². The predicted octanol–water partition coefficient (Wildman–Crippen LogP) is 1.61. The number of hydrogen-bond acceptors (Lipinski definition) is 6. The number of pyridine rings is 1. The molecule has 1 aliphatic rings. The van der Waals surface area contributed by atoms with Gasteiger partial charge in [-0.25, -0.2) is 18.4 Å². The molecule has 1 atom stereocenters. The van der Waals surface area contributed by atoms with Crippen LogP contribution in [-0.4, -0.2) is 55.2 Å². The Labute approximate surface area is 154 Å². The van der Waals surface area contributed by atoms with Crippen molar-refractivity contribution in [1.29, 1.82) is 0 Å². The zero-order valence-corrected chi connectivity index (χ0v) is 15.1. The molecule has 1 saturated heterocycles. The van der Waals surface area contributed by atoms with E-state index in [9.17, 15) is 18.7 Å². The van der Waals surface area contributed by atoms with Crippen molar-refractivity contribution in [3.8, 4) is 11.4 Å². The number of hydrogen-bond donors (Lipinski definition) is 2. The number of aryl methyl sites for hydroxylation is 2. The van der Waals surface area contributed by atoms with E-state index >= 15 is 0 Å². The number of anilines is 1. The van der Waals surface area contributed by atoms with Crippen LogP contribution in [0.1, 0.15) is 24.2 Å². The molecule has 1 aliphatic heterocycles. The second-order valence-corrected chi connectivity index (χ2v) is 6.87. The lowest BCUT2D eigenvalue weighted by Gasteiger charge is -2.39. The highest BCUT2D eigenvalue weighted by Gasteiger charge is 2.41. The third kappa shape index (κ3) is 4.05. The first kappa shape index (κ1) is 19.2. The Hall–Kier alpha value is -2.62. The summed E-state index contributed by atoms with van der Waals surface area (Å²) in [5, 5.41) is 26.3. The van der Waals surface area contributed by atoms with Crippen LogP contribution >= 0.6 is 0 Å². The van der Waals surface area contributed by atoms with Crippen molar-refractivity contribution in [3.63, 3.8) is 0 Å². The molecule has 0 amide bonds. The van der Waals surface area contributed by atoms with Gasteiger partial charge < -0.3 is 15.1 Å². The Balaban J connectivity index is 1.89. The number of aromatic nitrogens is 4. The zero-order valence-electron chi connectivity index (χ0n) is 15.1. The van der Waals surface area contributed by atoms with Crippen LogP contribution in [0.4, 0.5) is 14.5 Å². The standard InChI is InChI=1S/C17H21F2N5O3/c1-10-13(24-7-11(5-15(26)27)6-17(18,19)9-24)4-3-12(20-10)16-14(8-25)23(2)22-21-16/h3-4,11,25H,5-9H2,1-2H3,(H,26,27). The zero-order chi connectivity index (χ0) is 19.8. The normalized spacial score (nSPS) is 19.3. The van der Waals surface area contributed by atoms with Gasteiger partial charge in [0, 0.05) is 20.0 Å². The average molecular weight is 381 g/mol. The minimum absolute atomic E-state index is 0.233. The first-order valence-corrected chi connectivity index (χ1v) is 8.52. The maximum absolute atomic E-state index is 14.1. The van der Waals surface area contributed by atoms with E-state index in [1.54, 1.807) is 26.1 Å². The van der Waals surface area contributed by atoms with Gasteiger partial charge in [0.25, 0.3) is 5.92 Å². The fourth-order valence-electron chi connectivity index (χ4n) is 3.55. The van der Waals surface area contributed by atoms with Crippen LogP contribution < -0.4 is 4.90 Å². The summed E-state index contributed by atoms with van der Waals surface area (Å²) in [4.78, 5) is 16.9. The summed E-state index contributed by atoms with van der Waals surface area (Å²) >= 11 is 0. The molecule has 0 aromatic carbocycles. The van der Waals surface area contributed by atoms with Crippen LogP contribution in [0.3, 0.4) is 0 Å². The van der Waals surface area contributed by atoms with Crippen LogP contribution in [0.25, 0.3) is 11.4 Å². The average Bonchev–Trinajstić information content (AvgIpc) is 2.93. The van der Waals surface area contributed by atoms with Crippen molar-refractivity contribution in [2.45, 2.75) is 32.3 Å². The van der Waals surface area contributed by atoms with E-state index in [0.717, 1.165) is 0 Å². The monoisotopic (exact) mass is 381 g/mol. The van der Waals surface area contributed by atoms with Crippen LogP contribution in [-0.2, 0) is 18.4 Å². The molecule has 3 heterocycles. The van der Waals surface area contributed by atoms with Gasteiger partial charge in [-0.05, 0) is 25.0 Å². The number of nitrogens with zero attached hydrogens (tertiary/aromatic N) is 5. The van der Waals surface area contributed by atoms with E-state index in [2.05, 4.69) is 15.3 Å². The number of alkyl halides is 2. The largest absolute Gasteiger partial charge is 0.481 e. The Morgan fingerprint density at radius 1 is 1.41 bits per heavy atom. The molecule has 0 radical (unpaired) electrons. The van der Waals surface area contributed by atoms with Crippen LogP contribution in [0.2, 0.25) is 0 Å². The molecule has 8 nitrogen and oxygen atoms in total. The van der Waals surface area contributed by atoms with E-state index in [1.807, 2.05) is 0 Å². The second-order valence-electron chi connectivity index (χ2n) is 6.87. The highest BCUT2D eigenvalue weighted by atomic mass is 19.3. The molecule has 2 N–H and O–H groups in total. The lowest BCUT2D eigenvalue weighted by molar-refractivity contribution is -0.139. The molecule has 0 bridgehead atoms. The summed E-state index contributed by atoms with van der Waals surface area (Å²) < 4.78 is 29.7. The number of rotatable bonds is 5. The van der Waals surface area contributed by atoms with E-state index in [1.165, 1.54) is 9.58 Å². The van der Waals surface area contributed by atoms with Gasteiger partial charge in [-0.3, -0.25) is 4.79 Å². The van der Waals surface area contributed by atoms with Gasteiger partial charge in [0.15, 0.2) is 0 Å². The molecular weight excluding hydrogens is 360 g/mol. The molecule has 0 saturated carbocycles. The molecule has 2 aromatic heterocycles. The Morgan fingerprint density at radius 3 is 2.78 bits per heavy atom. The SMILES string of the molecule is Cc1nc(-c2nnn(C)c2CO)ccc1N1CC(CC(=O)O)CC(F)(F)C1. The van der Waals surface area contributed by atoms with E-state index in [4.69, 9.17) is 5.11 Å². The smallest absolute Gasteiger partial charge is 0.303 e. The third-order valence-electron chi connectivity index (χ3n) is 4.69. The Morgan fingerprint density at radius 2 is 2.15 bits per heavy atom. The fourth-order valence-corrected chi connectivity index (χ4v) is 3.55. The van der Waals surface area contributed by atoms with Gasteiger partial charge in [0.2, 0.25) is 0 Å². The van der Waals surface area contributed by atoms with E-state index in [-0.39, 0.29) is 19.6 Å². The molecule has 2 aromatic rings. The van der Waals surface area contributed by atoms with Crippen LogP contribution in [0.5, 0.6) is 0 Å². The number of aliphatic hydroxyl groups is 1. The Bertz CT molecular complexity index is 855. The fraction of sp³-hybridized carbons (Fsp3) is 0.529. The number of carboxylic acid groups (broad SMARTS) is 1. The van der Waals surface area contributed by atoms with Gasteiger partial charge in [-0.2, -0.15) is 0 Å². The van der Waals surface area contributed by atoms with E-state index in [0.29, 0.717) is 28.5 Å². The summed E-state index contributed by atoms with van der Waals surface area (Å²) in [6.45, 7) is 1.21. The van der Waals surface area contributed by atoms with Crippen LogP contribution in [0, 0.1) is 12.8 Å². The number of aliphatic carboxylic acids is 1. The van der Waals surface area contributed by atoms with Gasteiger partial charge in [-0.1, -0.05) is 5.21 Å². The predicted molar refractivity (Wildman–Crippen MR) is 92.4 cm³/mol. The highest BCUT2D eigenvalue weighted by molar-refractivity contribution is 5.67. The molecule has 0 spiro atoms. The van der Waals surface area contributed by atoms with Gasteiger partial charge in [-0.15, -0.1) is 5.10 Å². The number of halogens is 2. The highest BCUT2D eigenvalue weighted by Crippen LogP contribution is 2.36. The minimum atomic E-state index is -2.96. The maximum Gasteiger partial charge on any atom is 0.303 e. The van der Waals surface area contributed by atoms with Crippen molar-refractivity contribution in [1.82, 2.24) is 20.0 Å². The molecule has 0 aliphatic carbocycles. The summed E-state index contributed by atoms with van der Waals surface area (Å²) in [7, 11) is 1.65. The quantitative estimate of drug-likeness (QED) is 0.811. The first-order valence-electron chi connectivity index (χ1n) is 8.52. The van der Waals surface area contributed by atoms with Gasteiger partial charge in [0.05, 0.1) is 42.3 Å². The topological polar surface area (TPSA) is 104 Å². The molecule has 27 heavy (non-hydrogen) atoms. The Kier molecular flexibility index (Phi) is 5.09. The third-order valence-corrected chi connectivity index (χ3v) is 4.69. The summed E-state index contributed by atoms with van der Waals surface area (Å²) in [6.07, 6.45) is -0.726. The summed E-state index contributed by atoms with van der Waals surface area (Å²) in [5.41, 5.74) is 2.47. The summed E-state index contributed by atoms with van der Waals surface area (Å²) in [5.74, 6) is -4.67. The van der Waals surface area contributed by atoms with Crippen molar-refractivity contribution < 1.29 is 23.8 Å². The number of piperidine rings is 1. The molecule has 146 valence electrons. The number of carboxylic acids is 1. The molecule has 1 unspecified atom stereocenters. The van der Waals surface area contributed by atoms with Crippen LogP contribution in [0.15, 0.2) is 12.1 Å². The molecule has 10 heteroatoms. The minimum Gasteiger partial charge on any atom is -0.481 e. The lowest BCUT2D eigenvalue weighted by atomic mass is 9.92. The van der Waals surface area contributed by atoms with Crippen molar-refractivity contribution in [2.24, 2.45) is 13.0 Å². The second kappa shape index (κ2) is 7.18. The van der Waals surface area contributed by atoms with Crippen molar-refractivity contribution in [2.75, 3.05) is 18.0 Å². The first-order chi connectivity index (χ1) is 12.7. The maximum atomic E-state index is 14.1. The summed E-state index contributed by atoms with van der Waals surface area (Å²) in [6, 6.07) is 3.32. The molecule has 3 rings (SSSR count). The lowest BCUT2D eigenvalue weighted by Crippen LogP contribution is -2.48. The molecular formula is C17H21F2N5O3. The number of carbonyl (C=O) groups is 1. The van der Waals surface area contributed by atoms with Crippen molar-refractivity contribution >= 4 is 11.7 Å². The van der Waals surface area contributed by atoms with E-state index < -0.39 is 30.8 Å². The van der Waals surface area contributed by atoms with Gasteiger partial charge in [0.1, 0.15) is 5.69 Å². The molecule has 1 fully saturated rings. The number of aliphatic hydroxyl groups excluding tert-OH is 1.